The van der Waals surface area contributed by atoms with Gasteiger partial charge < -0.3 is 19.1 Å². The van der Waals surface area contributed by atoms with Crippen LogP contribution in [0, 0.1) is 6.92 Å². The van der Waals surface area contributed by atoms with E-state index in [4.69, 9.17) is 25.8 Å². The number of ether oxygens (including phenoxy) is 3. The number of likely N-dealkylation sites (tertiary alicyclic amines) is 1. The molecule has 0 saturated carbocycles. The van der Waals surface area contributed by atoms with Gasteiger partial charge in [-0.25, -0.2) is 0 Å². The summed E-state index contributed by atoms with van der Waals surface area (Å²) in [6.45, 7) is 2.91. The molecule has 158 valence electrons. The SMILES string of the molecule is COc1cc(OC)cc(C(=O)N2CCC3(CC2)CC(=O)c2cc(Cl)c(C)cc2O3)c1. The number of fused-ring (bicyclic) bond motifs is 1. The fourth-order valence-corrected chi connectivity index (χ4v) is 4.29. The Morgan fingerprint density at radius 3 is 2.30 bits per heavy atom. The minimum absolute atomic E-state index is 0.0375. The third kappa shape index (κ3) is 3.72. The number of hydrogen-bond acceptors (Lipinski definition) is 5. The van der Waals surface area contributed by atoms with Crippen LogP contribution in [0.15, 0.2) is 30.3 Å². The van der Waals surface area contributed by atoms with Gasteiger partial charge in [0.1, 0.15) is 22.8 Å². The van der Waals surface area contributed by atoms with E-state index in [1.807, 2.05) is 13.0 Å². The first-order valence-electron chi connectivity index (χ1n) is 9.89. The second kappa shape index (κ2) is 7.84. The first-order valence-corrected chi connectivity index (χ1v) is 10.3. The molecule has 2 heterocycles. The summed E-state index contributed by atoms with van der Waals surface area (Å²) in [7, 11) is 3.11. The largest absolute Gasteiger partial charge is 0.497 e. The molecule has 0 bridgehead atoms. The van der Waals surface area contributed by atoms with Crippen LogP contribution in [0.25, 0.3) is 0 Å². The number of rotatable bonds is 3. The maximum atomic E-state index is 13.0. The van der Waals surface area contributed by atoms with Crippen LogP contribution in [0.2, 0.25) is 5.02 Å². The van der Waals surface area contributed by atoms with Crippen LogP contribution < -0.4 is 14.2 Å². The fraction of sp³-hybridized carbons (Fsp3) is 0.391. The highest BCUT2D eigenvalue weighted by molar-refractivity contribution is 6.31. The standard InChI is InChI=1S/C23H24ClNO5/c1-14-8-21-18(12-19(14)24)20(26)13-23(30-21)4-6-25(7-5-23)22(27)15-9-16(28-2)11-17(10-15)29-3/h8-12H,4-7,13H2,1-3H3. The molecule has 0 N–H and O–H groups in total. The lowest BCUT2D eigenvalue weighted by atomic mass is 9.82. The molecule has 0 aromatic heterocycles. The van der Waals surface area contributed by atoms with Gasteiger partial charge in [-0.3, -0.25) is 9.59 Å². The summed E-state index contributed by atoms with van der Waals surface area (Å²) in [6.07, 6.45) is 1.48. The smallest absolute Gasteiger partial charge is 0.254 e. The second-order valence-corrected chi connectivity index (χ2v) is 8.28. The molecule has 0 atom stereocenters. The van der Waals surface area contributed by atoms with Crippen molar-refractivity contribution in [3.8, 4) is 17.2 Å². The molecule has 1 saturated heterocycles. The molecule has 1 amide bonds. The number of carbonyl (C=O) groups is 2. The lowest BCUT2D eigenvalue weighted by Crippen LogP contribution is -2.52. The van der Waals surface area contributed by atoms with Crippen molar-refractivity contribution in [2.75, 3.05) is 27.3 Å². The predicted octanol–water partition coefficient (Wildman–Crippen LogP) is 4.31. The first-order chi connectivity index (χ1) is 14.3. The number of carbonyl (C=O) groups excluding carboxylic acids is 2. The lowest BCUT2D eigenvalue weighted by Gasteiger charge is -2.44. The monoisotopic (exact) mass is 429 g/mol. The van der Waals surface area contributed by atoms with E-state index in [0.29, 0.717) is 65.8 Å². The van der Waals surface area contributed by atoms with Crippen LogP contribution >= 0.6 is 11.6 Å². The van der Waals surface area contributed by atoms with Crippen LogP contribution in [0.3, 0.4) is 0 Å². The zero-order valence-corrected chi connectivity index (χ0v) is 18.0. The molecule has 0 aliphatic carbocycles. The molecule has 7 heteroatoms. The average molecular weight is 430 g/mol. The topological polar surface area (TPSA) is 65.1 Å². The van der Waals surface area contributed by atoms with Crippen molar-refractivity contribution in [1.82, 2.24) is 4.90 Å². The van der Waals surface area contributed by atoms with Gasteiger partial charge in [0, 0.05) is 42.6 Å². The maximum Gasteiger partial charge on any atom is 0.254 e. The Labute approximate surface area is 180 Å². The zero-order chi connectivity index (χ0) is 21.5. The first kappa shape index (κ1) is 20.5. The molecule has 4 rings (SSSR count). The Kier molecular flexibility index (Phi) is 5.36. The van der Waals surface area contributed by atoms with Crippen molar-refractivity contribution >= 4 is 23.3 Å². The Hall–Kier alpha value is -2.73. The Morgan fingerprint density at radius 1 is 1.07 bits per heavy atom. The van der Waals surface area contributed by atoms with E-state index in [9.17, 15) is 9.59 Å². The van der Waals surface area contributed by atoms with Crippen molar-refractivity contribution in [2.45, 2.75) is 31.8 Å². The molecule has 0 unspecified atom stereocenters. The van der Waals surface area contributed by atoms with Crippen molar-refractivity contribution in [3.63, 3.8) is 0 Å². The summed E-state index contributed by atoms with van der Waals surface area (Å²) in [4.78, 5) is 27.6. The van der Waals surface area contributed by atoms with Crippen molar-refractivity contribution in [3.05, 3.63) is 52.0 Å². The number of ketones is 1. The molecule has 6 nitrogen and oxygen atoms in total. The number of benzene rings is 2. The maximum absolute atomic E-state index is 13.0. The van der Waals surface area contributed by atoms with Gasteiger partial charge in [-0.15, -0.1) is 0 Å². The normalized spacial score (nSPS) is 17.3. The minimum atomic E-state index is -0.576. The van der Waals surface area contributed by atoms with E-state index < -0.39 is 5.60 Å². The number of methoxy groups -OCH3 is 2. The highest BCUT2D eigenvalue weighted by Crippen LogP contribution is 2.41. The Balaban J connectivity index is 1.51. The average Bonchev–Trinajstić information content (AvgIpc) is 2.75. The minimum Gasteiger partial charge on any atom is -0.497 e. The van der Waals surface area contributed by atoms with E-state index in [1.54, 1.807) is 43.4 Å². The summed E-state index contributed by atoms with van der Waals surface area (Å²) in [6, 6.07) is 8.67. The van der Waals surface area contributed by atoms with Gasteiger partial charge in [0.05, 0.1) is 26.2 Å². The lowest BCUT2D eigenvalue weighted by molar-refractivity contribution is -0.00575. The van der Waals surface area contributed by atoms with Gasteiger partial charge in [-0.1, -0.05) is 11.6 Å². The Bertz CT molecular complexity index is 989. The van der Waals surface area contributed by atoms with Gasteiger partial charge in [-0.05, 0) is 36.8 Å². The van der Waals surface area contributed by atoms with Crippen molar-refractivity contribution < 1.29 is 23.8 Å². The molecule has 2 aromatic rings. The highest BCUT2D eigenvalue weighted by Gasteiger charge is 2.44. The summed E-state index contributed by atoms with van der Waals surface area (Å²) >= 11 is 6.17. The number of piperidine rings is 1. The molecule has 2 aliphatic rings. The van der Waals surface area contributed by atoms with Crippen LogP contribution in [0.4, 0.5) is 0 Å². The molecular weight excluding hydrogens is 406 g/mol. The molecule has 1 fully saturated rings. The van der Waals surface area contributed by atoms with Gasteiger partial charge in [-0.2, -0.15) is 0 Å². The van der Waals surface area contributed by atoms with Gasteiger partial charge in [0.2, 0.25) is 0 Å². The predicted molar refractivity (Wildman–Crippen MR) is 113 cm³/mol. The van der Waals surface area contributed by atoms with Gasteiger partial charge in [0.25, 0.3) is 5.91 Å². The van der Waals surface area contributed by atoms with Gasteiger partial charge >= 0.3 is 0 Å². The highest BCUT2D eigenvalue weighted by atomic mass is 35.5. The number of hydrogen-bond donors (Lipinski definition) is 0. The van der Waals surface area contributed by atoms with Crippen LogP contribution in [-0.2, 0) is 0 Å². The van der Waals surface area contributed by atoms with Crippen LogP contribution in [-0.4, -0.2) is 49.5 Å². The number of Topliss-reactive ketones (excluding diaryl/α,β-unsaturated/α-hetero) is 1. The van der Waals surface area contributed by atoms with Gasteiger partial charge in [0.15, 0.2) is 5.78 Å². The number of aryl methyl sites for hydroxylation is 1. The van der Waals surface area contributed by atoms with E-state index in [2.05, 4.69) is 0 Å². The quantitative estimate of drug-likeness (QED) is 0.727. The molecule has 1 spiro atoms. The Morgan fingerprint density at radius 2 is 1.70 bits per heavy atom. The molecule has 2 aliphatic heterocycles. The van der Waals surface area contributed by atoms with Crippen molar-refractivity contribution in [2.24, 2.45) is 0 Å². The summed E-state index contributed by atoms with van der Waals surface area (Å²) < 4.78 is 16.9. The molecule has 2 aromatic carbocycles. The van der Waals surface area contributed by atoms with Crippen molar-refractivity contribution in [1.29, 1.82) is 0 Å². The van der Waals surface area contributed by atoms with E-state index >= 15 is 0 Å². The van der Waals surface area contributed by atoms with E-state index in [-0.39, 0.29) is 11.7 Å². The zero-order valence-electron chi connectivity index (χ0n) is 17.3. The molecular formula is C23H24ClNO5. The fourth-order valence-electron chi connectivity index (χ4n) is 4.12. The molecule has 30 heavy (non-hydrogen) atoms. The van der Waals surface area contributed by atoms with Crippen LogP contribution in [0.5, 0.6) is 17.2 Å². The summed E-state index contributed by atoms with van der Waals surface area (Å²) in [5.41, 5.74) is 1.35. The number of nitrogens with zero attached hydrogens (tertiary/aromatic N) is 1. The van der Waals surface area contributed by atoms with E-state index in [1.165, 1.54) is 0 Å². The van der Waals surface area contributed by atoms with Crippen LogP contribution in [0.1, 0.15) is 45.5 Å². The third-order valence-electron chi connectivity index (χ3n) is 5.93. The summed E-state index contributed by atoms with van der Waals surface area (Å²) in [5, 5.41) is 0.566. The number of halogens is 1. The molecule has 0 radical (unpaired) electrons. The third-order valence-corrected chi connectivity index (χ3v) is 6.34. The van der Waals surface area contributed by atoms with E-state index in [0.717, 1.165) is 5.56 Å². The number of amides is 1. The second-order valence-electron chi connectivity index (χ2n) is 7.88. The summed E-state index contributed by atoms with van der Waals surface area (Å²) in [5.74, 6) is 1.67.